The topological polar surface area (TPSA) is 70.1 Å². The molecule has 1 fully saturated rings. The van der Waals surface area contributed by atoms with Gasteiger partial charge in [-0.3, -0.25) is 14.5 Å². The number of carbonyl (C=O) groups is 2. The summed E-state index contributed by atoms with van der Waals surface area (Å²) in [5.41, 5.74) is 0.850. The van der Waals surface area contributed by atoms with Crippen molar-refractivity contribution < 1.29 is 19.4 Å². The second-order valence-corrected chi connectivity index (χ2v) is 6.16. The molecule has 0 bridgehead atoms. The number of carboxylic acid groups (broad SMARTS) is 1. The predicted octanol–water partition coefficient (Wildman–Crippen LogP) is 2.23. The number of hydrogen-bond donors (Lipinski definition) is 1. The number of carboxylic acids is 1. The van der Waals surface area contributed by atoms with Crippen LogP contribution in [0, 0.1) is 5.92 Å². The average molecular weight is 334 g/mol. The largest absolute Gasteiger partial charge is 0.497 e. The van der Waals surface area contributed by atoms with E-state index in [2.05, 4.69) is 6.92 Å². The SMILES string of the molecule is CCCCN(C(=O)CN1CCC(C(=O)O)C1)c1ccc(OC)cc1. The van der Waals surface area contributed by atoms with E-state index in [-0.39, 0.29) is 18.4 Å². The fraction of sp³-hybridized carbons (Fsp3) is 0.556. The Kier molecular flexibility index (Phi) is 6.61. The number of aliphatic carboxylic acids is 1. The third-order valence-electron chi connectivity index (χ3n) is 4.40. The fourth-order valence-corrected chi connectivity index (χ4v) is 2.93. The zero-order valence-corrected chi connectivity index (χ0v) is 14.4. The van der Waals surface area contributed by atoms with Crippen LogP contribution < -0.4 is 9.64 Å². The number of ether oxygens (including phenoxy) is 1. The summed E-state index contributed by atoms with van der Waals surface area (Å²) < 4.78 is 5.17. The number of methoxy groups -OCH3 is 1. The van der Waals surface area contributed by atoms with Gasteiger partial charge in [-0.05, 0) is 43.7 Å². The van der Waals surface area contributed by atoms with E-state index < -0.39 is 5.97 Å². The molecule has 2 rings (SSSR count). The highest BCUT2D eigenvalue weighted by Crippen LogP contribution is 2.21. The van der Waals surface area contributed by atoms with Gasteiger partial charge in [0.2, 0.25) is 5.91 Å². The van der Waals surface area contributed by atoms with Gasteiger partial charge in [-0.2, -0.15) is 0 Å². The van der Waals surface area contributed by atoms with E-state index in [1.165, 1.54) is 0 Å². The summed E-state index contributed by atoms with van der Waals surface area (Å²) in [4.78, 5) is 27.5. The lowest BCUT2D eigenvalue weighted by Gasteiger charge is -2.25. The average Bonchev–Trinajstić information content (AvgIpc) is 3.04. The van der Waals surface area contributed by atoms with Crippen LogP contribution >= 0.6 is 0 Å². The second-order valence-electron chi connectivity index (χ2n) is 6.16. The highest BCUT2D eigenvalue weighted by molar-refractivity contribution is 5.94. The molecule has 1 N–H and O–H groups in total. The maximum atomic E-state index is 12.7. The molecule has 0 aliphatic carbocycles. The van der Waals surface area contributed by atoms with Crippen molar-refractivity contribution in [3.05, 3.63) is 24.3 Å². The van der Waals surface area contributed by atoms with E-state index in [4.69, 9.17) is 9.84 Å². The van der Waals surface area contributed by atoms with Crippen molar-refractivity contribution in [2.75, 3.05) is 38.2 Å². The molecular weight excluding hydrogens is 308 g/mol. The van der Waals surface area contributed by atoms with Gasteiger partial charge < -0.3 is 14.7 Å². The Bertz CT molecular complexity index is 559. The molecule has 1 amide bonds. The van der Waals surface area contributed by atoms with Crippen molar-refractivity contribution in [3.63, 3.8) is 0 Å². The first-order valence-corrected chi connectivity index (χ1v) is 8.44. The second kappa shape index (κ2) is 8.68. The van der Waals surface area contributed by atoms with E-state index in [1.807, 2.05) is 29.2 Å². The maximum absolute atomic E-state index is 12.7. The van der Waals surface area contributed by atoms with Crippen LogP contribution in [0.4, 0.5) is 5.69 Å². The normalized spacial score (nSPS) is 17.7. The highest BCUT2D eigenvalue weighted by atomic mass is 16.5. The van der Waals surface area contributed by atoms with Gasteiger partial charge in [0.05, 0.1) is 19.6 Å². The number of hydrogen-bond acceptors (Lipinski definition) is 4. The molecule has 0 aromatic heterocycles. The first kappa shape index (κ1) is 18.3. The predicted molar refractivity (Wildman–Crippen MR) is 92.4 cm³/mol. The molecule has 0 radical (unpaired) electrons. The van der Waals surface area contributed by atoms with Gasteiger partial charge >= 0.3 is 5.97 Å². The van der Waals surface area contributed by atoms with Crippen LogP contribution in [0.3, 0.4) is 0 Å². The molecule has 1 atom stereocenters. The number of anilines is 1. The molecular formula is C18H26N2O4. The van der Waals surface area contributed by atoms with E-state index in [0.29, 0.717) is 26.1 Å². The summed E-state index contributed by atoms with van der Waals surface area (Å²) in [5.74, 6) is -0.365. The van der Waals surface area contributed by atoms with E-state index in [1.54, 1.807) is 12.0 Å². The van der Waals surface area contributed by atoms with Crippen LogP contribution in [0.15, 0.2) is 24.3 Å². The number of nitrogens with zero attached hydrogens (tertiary/aromatic N) is 2. The van der Waals surface area contributed by atoms with Crippen LogP contribution in [0.5, 0.6) is 5.75 Å². The van der Waals surface area contributed by atoms with Crippen LogP contribution in [0.25, 0.3) is 0 Å². The summed E-state index contributed by atoms with van der Waals surface area (Å²) in [6, 6.07) is 7.46. The minimum Gasteiger partial charge on any atom is -0.497 e. The van der Waals surface area contributed by atoms with Crippen molar-refractivity contribution >= 4 is 17.6 Å². The number of carbonyl (C=O) groups excluding carboxylic acids is 1. The van der Waals surface area contributed by atoms with Gasteiger partial charge in [-0.25, -0.2) is 0 Å². The zero-order valence-electron chi connectivity index (χ0n) is 14.4. The van der Waals surface area contributed by atoms with E-state index in [9.17, 15) is 9.59 Å². The first-order chi connectivity index (χ1) is 11.5. The number of unbranched alkanes of at least 4 members (excludes halogenated alkanes) is 1. The van der Waals surface area contributed by atoms with Gasteiger partial charge in [0.15, 0.2) is 0 Å². The zero-order chi connectivity index (χ0) is 17.5. The quantitative estimate of drug-likeness (QED) is 0.789. The number of benzene rings is 1. The standard InChI is InChI=1S/C18H26N2O4/c1-3-4-10-20(15-5-7-16(24-2)8-6-15)17(21)13-19-11-9-14(12-19)18(22)23/h5-8,14H,3-4,9-13H2,1-2H3,(H,22,23). The maximum Gasteiger partial charge on any atom is 0.307 e. The fourth-order valence-electron chi connectivity index (χ4n) is 2.93. The third kappa shape index (κ3) is 4.71. The van der Waals surface area contributed by atoms with Gasteiger partial charge in [0.25, 0.3) is 0 Å². The summed E-state index contributed by atoms with van der Waals surface area (Å²) >= 11 is 0. The van der Waals surface area contributed by atoms with Gasteiger partial charge in [-0.1, -0.05) is 13.3 Å². The lowest BCUT2D eigenvalue weighted by atomic mass is 10.1. The molecule has 1 aliphatic heterocycles. The Balaban J connectivity index is 2.03. The Morgan fingerprint density at radius 3 is 2.58 bits per heavy atom. The lowest BCUT2D eigenvalue weighted by molar-refractivity contribution is -0.141. The summed E-state index contributed by atoms with van der Waals surface area (Å²) in [6.07, 6.45) is 2.54. The van der Waals surface area contributed by atoms with Crippen LogP contribution in [-0.4, -0.2) is 55.2 Å². The lowest BCUT2D eigenvalue weighted by Crippen LogP contribution is -2.40. The van der Waals surface area contributed by atoms with Crippen molar-refractivity contribution in [2.45, 2.75) is 26.2 Å². The van der Waals surface area contributed by atoms with Crippen LogP contribution in [0.1, 0.15) is 26.2 Å². The number of rotatable bonds is 8. The molecule has 24 heavy (non-hydrogen) atoms. The van der Waals surface area contributed by atoms with Crippen molar-refractivity contribution in [1.82, 2.24) is 4.90 Å². The third-order valence-corrected chi connectivity index (χ3v) is 4.40. The number of likely N-dealkylation sites (tertiary alicyclic amines) is 1. The molecule has 0 saturated carbocycles. The Labute approximate surface area is 143 Å². The molecule has 132 valence electrons. The van der Waals surface area contributed by atoms with Gasteiger partial charge in [0.1, 0.15) is 5.75 Å². The first-order valence-electron chi connectivity index (χ1n) is 8.44. The van der Waals surface area contributed by atoms with Gasteiger partial charge in [-0.15, -0.1) is 0 Å². The molecule has 1 aliphatic rings. The smallest absolute Gasteiger partial charge is 0.307 e. The molecule has 1 aromatic rings. The van der Waals surface area contributed by atoms with Crippen LogP contribution in [-0.2, 0) is 9.59 Å². The van der Waals surface area contributed by atoms with E-state index in [0.717, 1.165) is 24.3 Å². The minimum absolute atomic E-state index is 0.0136. The molecule has 1 aromatic carbocycles. The molecule has 6 heteroatoms. The van der Waals surface area contributed by atoms with Crippen LogP contribution in [0.2, 0.25) is 0 Å². The minimum atomic E-state index is -0.775. The molecule has 1 unspecified atom stereocenters. The van der Waals surface area contributed by atoms with Gasteiger partial charge in [0, 0.05) is 18.8 Å². The Morgan fingerprint density at radius 1 is 1.33 bits per heavy atom. The summed E-state index contributed by atoms with van der Waals surface area (Å²) in [6.45, 7) is 4.13. The Hall–Kier alpha value is -2.08. The van der Waals surface area contributed by atoms with Crippen molar-refractivity contribution in [1.29, 1.82) is 0 Å². The summed E-state index contributed by atoms with van der Waals surface area (Å²) in [5, 5.41) is 9.08. The summed E-state index contributed by atoms with van der Waals surface area (Å²) in [7, 11) is 1.61. The Morgan fingerprint density at radius 2 is 2.04 bits per heavy atom. The highest BCUT2D eigenvalue weighted by Gasteiger charge is 2.30. The number of amides is 1. The molecule has 6 nitrogen and oxygen atoms in total. The molecule has 1 heterocycles. The van der Waals surface area contributed by atoms with Crippen molar-refractivity contribution in [2.24, 2.45) is 5.92 Å². The molecule has 1 saturated heterocycles. The molecule has 0 spiro atoms. The van der Waals surface area contributed by atoms with Crippen molar-refractivity contribution in [3.8, 4) is 5.75 Å². The monoisotopic (exact) mass is 334 g/mol. The van der Waals surface area contributed by atoms with E-state index >= 15 is 0 Å².